The number of hydrogen-bond donors (Lipinski definition) is 1. The van der Waals surface area contributed by atoms with Gasteiger partial charge < -0.3 is 0 Å². The van der Waals surface area contributed by atoms with Crippen LogP contribution in [0.15, 0.2) is 12.3 Å². The van der Waals surface area contributed by atoms with Gasteiger partial charge in [-0.2, -0.15) is 0 Å². The van der Waals surface area contributed by atoms with E-state index >= 15 is 0 Å². The number of rotatable bonds is 0. The van der Waals surface area contributed by atoms with Crippen LogP contribution in [0.4, 0.5) is 0 Å². The molecule has 3 fully saturated rings. The van der Waals surface area contributed by atoms with Crippen LogP contribution in [-0.4, -0.2) is 18.9 Å². The summed E-state index contributed by atoms with van der Waals surface area (Å²) >= 11 is 0. The molecule has 54 valence electrons. The van der Waals surface area contributed by atoms with Crippen LogP contribution in [0.1, 0.15) is 12.8 Å². The van der Waals surface area contributed by atoms with Crippen LogP contribution in [0, 0.1) is 5.92 Å². The highest BCUT2D eigenvalue weighted by atomic mass is 16.1. The summed E-state index contributed by atoms with van der Waals surface area (Å²) in [7, 11) is 0. The molecule has 0 amide bonds. The van der Waals surface area contributed by atoms with Crippen LogP contribution in [0.2, 0.25) is 0 Å². The lowest BCUT2D eigenvalue weighted by molar-refractivity contribution is -0.867. The fraction of sp³-hybridized carbons (Fsp3) is 0.625. The smallest absolute Gasteiger partial charge is 0.218 e. The van der Waals surface area contributed by atoms with Gasteiger partial charge in [0.05, 0.1) is 13.1 Å². The summed E-state index contributed by atoms with van der Waals surface area (Å²) in [6, 6.07) is 0. The number of fused-ring (bicyclic) bond motifs is 3. The van der Waals surface area contributed by atoms with Gasteiger partial charge in [-0.3, -0.25) is 9.69 Å². The molecule has 1 N–H and O–H groups in total. The molecule has 0 atom stereocenters. The number of ketones is 1. The molecule has 3 rings (SSSR count). The molecule has 0 aliphatic carbocycles. The van der Waals surface area contributed by atoms with Crippen molar-refractivity contribution in [3.63, 3.8) is 0 Å². The lowest BCUT2D eigenvalue weighted by Gasteiger charge is -2.35. The molecule has 0 unspecified atom stereocenters. The van der Waals surface area contributed by atoms with E-state index in [1.807, 2.05) is 0 Å². The van der Waals surface area contributed by atoms with E-state index in [9.17, 15) is 4.79 Å². The zero-order valence-corrected chi connectivity index (χ0v) is 6.02. The molecule has 0 aromatic heterocycles. The number of piperidine rings is 3. The van der Waals surface area contributed by atoms with E-state index in [1.165, 1.54) is 4.90 Å². The van der Waals surface area contributed by atoms with Crippen molar-refractivity contribution in [2.75, 3.05) is 13.1 Å². The molecule has 0 spiro atoms. The average molecular weight is 138 g/mol. The third-order valence-electron chi connectivity index (χ3n) is 2.68. The number of carbonyl (C=O) groups excluding carboxylic acids is 1. The van der Waals surface area contributed by atoms with Crippen LogP contribution < -0.4 is 4.90 Å². The largest absolute Gasteiger partial charge is 0.300 e. The second-order valence-electron chi connectivity index (χ2n) is 3.22. The first kappa shape index (κ1) is 6.10. The summed E-state index contributed by atoms with van der Waals surface area (Å²) in [5.74, 6) is 0.664. The normalized spacial score (nSPS) is 38.8. The summed E-state index contributed by atoms with van der Waals surface area (Å²) < 4.78 is 0. The summed E-state index contributed by atoms with van der Waals surface area (Å²) in [4.78, 5) is 12.6. The van der Waals surface area contributed by atoms with E-state index in [0.717, 1.165) is 31.6 Å². The van der Waals surface area contributed by atoms with Gasteiger partial charge in [0.1, 0.15) is 0 Å². The summed E-state index contributed by atoms with van der Waals surface area (Å²) in [6.07, 6.45) is 2.18. The SMILES string of the molecule is C=C1C(=O)C2CC[NH+]1CC2. The molecule has 0 saturated carbocycles. The standard InChI is InChI=1S/C8H11NO/c1-6-8(10)7-2-4-9(6)5-3-7/h7H,1-5H2/p+1. The summed E-state index contributed by atoms with van der Waals surface area (Å²) in [6.45, 7) is 6.06. The predicted molar refractivity (Wildman–Crippen MR) is 37.6 cm³/mol. The number of nitrogens with one attached hydrogen (secondary N) is 1. The molecule has 3 saturated heterocycles. The van der Waals surface area contributed by atoms with Crippen molar-refractivity contribution in [1.29, 1.82) is 0 Å². The Balaban J connectivity index is 2.28. The Labute approximate surface area is 60.5 Å². The molecule has 2 bridgehead atoms. The molecule has 2 nitrogen and oxygen atoms in total. The van der Waals surface area contributed by atoms with Crippen molar-refractivity contribution in [2.45, 2.75) is 12.8 Å². The summed E-state index contributed by atoms with van der Waals surface area (Å²) in [5.41, 5.74) is 0.836. The first-order valence-corrected chi connectivity index (χ1v) is 3.87. The van der Waals surface area contributed by atoms with E-state index in [-0.39, 0.29) is 0 Å². The van der Waals surface area contributed by atoms with Crippen molar-refractivity contribution >= 4 is 5.78 Å². The van der Waals surface area contributed by atoms with E-state index in [4.69, 9.17) is 0 Å². The van der Waals surface area contributed by atoms with Crippen molar-refractivity contribution < 1.29 is 9.69 Å². The van der Waals surface area contributed by atoms with Crippen LogP contribution in [0.5, 0.6) is 0 Å². The van der Waals surface area contributed by atoms with Gasteiger partial charge in [0.15, 0.2) is 5.70 Å². The molecular weight excluding hydrogens is 126 g/mol. The van der Waals surface area contributed by atoms with Gasteiger partial charge in [-0.1, -0.05) is 0 Å². The second-order valence-corrected chi connectivity index (χ2v) is 3.22. The lowest BCUT2D eigenvalue weighted by Crippen LogP contribution is -3.14. The molecule has 3 aliphatic rings. The van der Waals surface area contributed by atoms with E-state index < -0.39 is 0 Å². The van der Waals surface area contributed by atoms with Crippen molar-refractivity contribution in [3.8, 4) is 0 Å². The molecule has 0 radical (unpaired) electrons. The van der Waals surface area contributed by atoms with Crippen LogP contribution in [-0.2, 0) is 4.79 Å². The molecule has 3 heterocycles. The molecular formula is C8H12NO+. The monoisotopic (exact) mass is 138 g/mol. The van der Waals surface area contributed by atoms with Gasteiger partial charge >= 0.3 is 0 Å². The van der Waals surface area contributed by atoms with Crippen molar-refractivity contribution in [2.24, 2.45) is 5.92 Å². The van der Waals surface area contributed by atoms with Crippen molar-refractivity contribution in [1.82, 2.24) is 0 Å². The highest BCUT2D eigenvalue weighted by molar-refractivity contribution is 5.95. The Kier molecular flexibility index (Phi) is 1.17. The number of quaternary nitrogens is 1. The number of allylic oxidation sites excluding steroid dienone is 1. The predicted octanol–water partition coefficient (Wildman–Crippen LogP) is -0.622. The zero-order chi connectivity index (χ0) is 7.14. The number of carbonyl (C=O) groups is 1. The molecule has 0 aromatic carbocycles. The van der Waals surface area contributed by atoms with Crippen molar-refractivity contribution in [3.05, 3.63) is 12.3 Å². The van der Waals surface area contributed by atoms with Gasteiger partial charge in [-0.05, 0) is 6.58 Å². The maximum Gasteiger partial charge on any atom is 0.218 e. The highest BCUT2D eigenvalue weighted by Crippen LogP contribution is 2.18. The minimum Gasteiger partial charge on any atom is -0.300 e. The van der Waals surface area contributed by atoms with Crippen LogP contribution >= 0.6 is 0 Å². The summed E-state index contributed by atoms with van der Waals surface area (Å²) in [5, 5.41) is 0. The fourth-order valence-corrected chi connectivity index (χ4v) is 1.95. The van der Waals surface area contributed by atoms with Gasteiger partial charge in [0.25, 0.3) is 0 Å². The maximum atomic E-state index is 11.3. The molecule has 10 heavy (non-hydrogen) atoms. The Morgan fingerprint density at radius 1 is 1.40 bits per heavy atom. The van der Waals surface area contributed by atoms with Crippen LogP contribution in [0.3, 0.4) is 0 Å². The third-order valence-corrected chi connectivity index (χ3v) is 2.68. The van der Waals surface area contributed by atoms with Gasteiger partial charge in [0, 0.05) is 18.8 Å². The van der Waals surface area contributed by atoms with E-state index in [2.05, 4.69) is 6.58 Å². The van der Waals surface area contributed by atoms with Gasteiger partial charge in [-0.15, -0.1) is 0 Å². The van der Waals surface area contributed by atoms with E-state index in [1.54, 1.807) is 0 Å². The third kappa shape index (κ3) is 0.655. The average Bonchev–Trinajstić information content (AvgIpc) is 2.00. The first-order chi connectivity index (χ1) is 4.79. The highest BCUT2D eigenvalue weighted by Gasteiger charge is 2.39. The Bertz CT molecular complexity index is 167. The minimum atomic E-state index is 0.326. The quantitative estimate of drug-likeness (QED) is 0.442. The fourth-order valence-electron chi connectivity index (χ4n) is 1.95. The molecule has 0 aromatic rings. The van der Waals surface area contributed by atoms with E-state index in [0.29, 0.717) is 11.7 Å². The number of hydrogen-bond acceptors (Lipinski definition) is 1. The Morgan fingerprint density at radius 2 is 2.00 bits per heavy atom. The molecule has 2 heteroatoms. The maximum absolute atomic E-state index is 11.3. The molecule has 3 aliphatic heterocycles. The first-order valence-electron chi connectivity index (χ1n) is 3.87. The zero-order valence-electron chi connectivity index (χ0n) is 6.02. The number of Topliss-reactive ketones (excluding diaryl/α,β-unsaturated/α-hetero) is 1. The lowest BCUT2D eigenvalue weighted by atomic mass is 9.85. The minimum absolute atomic E-state index is 0.326. The van der Waals surface area contributed by atoms with Gasteiger partial charge in [-0.25, -0.2) is 0 Å². The van der Waals surface area contributed by atoms with Crippen LogP contribution in [0.25, 0.3) is 0 Å². The second kappa shape index (κ2) is 1.92. The Morgan fingerprint density at radius 3 is 2.30 bits per heavy atom. The Hall–Kier alpha value is -0.630. The van der Waals surface area contributed by atoms with Gasteiger partial charge in [0.2, 0.25) is 5.78 Å². The topological polar surface area (TPSA) is 21.5 Å².